The Morgan fingerprint density at radius 2 is 1.85 bits per heavy atom. The molecule has 1 aromatic heterocycles. The highest BCUT2D eigenvalue weighted by Gasteiger charge is 2.84. The number of halogens is 4. The minimum atomic E-state index is -4.75. The van der Waals surface area contributed by atoms with Gasteiger partial charge in [0.25, 0.3) is 5.91 Å². The number of aliphatic hydroxyl groups is 1. The third-order valence-corrected chi connectivity index (χ3v) is 7.04. The summed E-state index contributed by atoms with van der Waals surface area (Å²) in [5.41, 5.74) is -3.62. The van der Waals surface area contributed by atoms with E-state index in [2.05, 4.69) is 0 Å². The fourth-order valence-corrected chi connectivity index (χ4v) is 5.12. The lowest BCUT2D eigenvalue weighted by Crippen LogP contribution is -2.42. The van der Waals surface area contributed by atoms with Gasteiger partial charge in [-0.1, -0.05) is 17.7 Å². The van der Waals surface area contributed by atoms with Crippen LogP contribution >= 0.6 is 11.6 Å². The van der Waals surface area contributed by atoms with Gasteiger partial charge in [0.1, 0.15) is 5.41 Å². The molecule has 34 heavy (non-hydrogen) atoms. The molecule has 6 nitrogen and oxygen atoms in total. The largest absolute Gasteiger partial charge is 0.469 e. The van der Waals surface area contributed by atoms with Gasteiger partial charge in [-0.2, -0.15) is 13.2 Å². The molecule has 3 unspecified atom stereocenters. The number of rotatable bonds is 5. The van der Waals surface area contributed by atoms with E-state index in [0.29, 0.717) is 21.5 Å². The summed E-state index contributed by atoms with van der Waals surface area (Å²) in [7, 11) is 4.71. The molecule has 1 heterocycles. The molecule has 10 heteroatoms. The summed E-state index contributed by atoms with van der Waals surface area (Å²) in [6.45, 7) is 1.32. The Bertz CT molecular complexity index is 1300. The van der Waals surface area contributed by atoms with Crippen LogP contribution < -0.4 is 10.6 Å². The van der Waals surface area contributed by atoms with Gasteiger partial charge in [0, 0.05) is 34.0 Å². The highest BCUT2D eigenvalue weighted by molar-refractivity contribution is 6.30. The highest BCUT2D eigenvalue weighted by Crippen LogP contribution is 2.71. The predicted octanol–water partition coefficient (Wildman–Crippen LogP) is 2.11. The number of carbonyl (C=O) groups is 2. The molecule has 0 amide bonds. The van der Waals surface area contributed by atoms with Crippen molar-refractivity contribution >= 4 is 35.6 Å². The van der Waals surface area contributed by atoms with Crippen LogP contribution in [0.2, 0.25) is 5.02 Å². The van der Waals surface area contributed by atoms with Crippen LogP contribution in [0.3, 0.4) is 0 Å². The number of methoxy groups -OCH3 is 1. The topological polar surface area (TPSA) is 71.8 Å². The Balaban J connectivity index is 2.07. The SMILES string of the molecule is COC(=O)Cc1c(CN(C)C)n(C(=O)c2ccc(Cl)cc2)c2c1=CC1C(C)(O)C1(C(F)(F)F)C=2. The number of hydrogen-bond acceptors (Lipinski definition) is 5. The van der Waals surface area contributed by atoms with Crippen LogP contribution in [0, 0.1) is 11.3 Å². The van der Waals surface area contributed by atoms with E-state index in [1.54, 1.807) is 19.0 Å². The molecular weight excluding hydrogens is 473 g/mol. The molecule has 0 aliphatic heterocycles. The van der Waals surface area contributed by atoms with E-state index >= 15 is 0 Å². The molecule has 0 saturated heterocycles. The number of alkyl halides is 3. The summed E-state index contributed by atoms with van der Waals surface area (Å²) < 4.78 is 48.7. The molecule has 0 spiro atoms. The second-order valence-electron chi connectivity index (χ2n) is 9.17. The summed E-state index contributed by atoms with van der Waals surface area (Å²) in [6.07, 6.45) is -2.70. The first-order chi connectivity index (χ1) is 15.8. The van der Waals surface area contributed by atoms with E-state index < -0.39 is 35.0 Å². The summed E-state index contributed by atoms with van der Waals surface area (Å²) >= 11 is 5.94. The quantitative estimate of drug-likeness (QED) is 0.642. The summed E-state index contributed by atoms with van der Waals surface area (Å²) in [5.74, 6) is -2.40. The van der Waals surface area contributed by atoms with Crippen LogP contribution in [0.4, 0.5) is 13.2 Å². The number of aromatic nitrogens is 1. The fourth-order valence-electron chi connectivity index (χ4n) is 4.99. The maximum Gasteiger partial charge on any atom is 0.401 e. The molecule has 2 aliphatic carbocycles. The molecule has 1 fully saturated rings. The second kappa shape index (κ2) is 7.96. The van der Waals surface area contributed by atoms with Crippen molar-refractivity contribution in [3.8, 4) is 0 Å². The Morgan fingerprint density at radius 3 is 2.38 bits per heavy atom. The van der Waals surface area contributed by atoms with E-state index in [4.69, 9.17) is 16.3 Å². The lowest BCUT2D eigenvalue weighted by atomic mass is 9.95. The maximum atomic E-state index is 14.2. The minimum Gasteiger partial charge on any atom is -0.469 e. The number of benzene rings is 1. The van der Waals surface area contributed by atoms with Gasteiger partial charge in [0.05, 0.1) is 24.5 Å². The van der Waals surface area contributed by atoms with Crippen LogP contribution in [-0.2, 0) is 22.5 Å². The molecule has 1 saturated carbocycles. The zero-order valence-electron chi connectivity index (χ0n) is 19.0. The van der Waals surface area contributed by atoms with Gasteiger partial charge in [0.15, 0.2) is 0 Å². The molecule has 0 bridgehead atoms. The van der Waals surface area contributed by atoms with Crippen LogP contribution in [0.25, 0.3) is 12.2 Å². The zero-order valence-corrected chi connectivity index (χ0v) is 19.8. The summed E-state index contributed by atoms with van der Waals surface area (Å²) in [4.78, 5) is 27.6. The van der Waals surface area contributed by atoms with Crippen LogP contribution in [-0.4, -0.2) is 59.4 Å². The van der Waals surface area contributed by atoms with Crippen molar-refractivity contribution in [2.75, 3.05) is 21.2 Å². The summed E-state index contributed by atoms with van der Waals surface area (Å²) in [5, 5.41) is 11.4. The molecule has 0 radical (unpaired) electrons. The fraction of sp³-hybridized carbons (Fsp3) is 0.417. The van der Waals surface area contributed by atoms with Crippen molar-refractivity contribution in [3.63, 3.8) is 0 Å². The average Bonchev–Trinajstić information content (AvgIpc) is 3.12. The molecule has 2 aliphatic rings. The van der Waals surface area contributed by atoms with Crippen molar-refractivity contribution in [1.29, 1.82) is 0 Å². The number of fused-ring (bicyclic) bond motifs is 2. The molecule has 2 aromatic rings. The number of hydrogen-bond donors (Lipinski definition) is 1. The molecule has 182 valence electrons. The lowest BCUT2D eigenvalue weighted by molar-refractivity contribution is -0.184. The van der Waals surface area contributed by atoms with Gasteiger partial charge >= 0.3 is 12.1 Å². The van der Waals surface area contributed by atoms with Gasteiger partial charge in [0.2, 0.25) is 0 Å². The van der Waals surface area contributed by atoms with Crippen molar-refractivity contribution in [2.45, 2.75) is 31.7 Å². The first-order valence-electron chi connectivity index (χ1n) is 10.5. The van der Waals surface area contributed by atoms with Crippen LogP contribution in [0.15, 0.2) is 24.3 Å². The minimum absolute atomic E-state index is 0.00190. The van der Waals surface area contributed by atoms with Gasteiger partial charge in [-0.3, -0.25) is 14.2 Å². The number of nitrogens with zero attached hydrogens (tertiary/aromatic N) is 2. The monoisotopic (exact) mass is 496 g/mol. The Morgan fingerprint density at radius 1 is 1.24 bits per heavy atom. The molecular formula is C24H24ClF3N2O4. The standard InChI is InChI=1S/C24H24ClF3N2O4/c1-22(33)19-9-15-16(10-20(31)34-4)18(12-29(2)3)30(17(15)11-23(19,22)24(26,27)28)21(32)13-5-7-14(25)8-6-13/h5-9,11,19,33H,10,12H2,1-4H3. The van der Waals surface area contributed by atoms with E-state index in [1.165, 1.54) is 42.0 Å². The smallest absolute Gasteiger partial charge is 0.401 e. The van der Waals surface area contributed by atoms with Crippen molar-refractivity contribution in [2.24, 2.45) is 11.3 Å². The molecule has 4 rings (SSSR count). The van der Waals surface area contributed by atoms with E-state index in [0.717, 1.165) is 13.0 Å². The lowest BCUT2D eigenvalue weighted by Gasteiger charge is -2.20. The van der Waals surface area contributed by atoms with Crippen molar-refractivity contribution in [1.82, 2.24) is 9.47 Å². The van der Waals surface area contributed by atoms with Gasteiger partial charge in [-0.15, -0.1) is 0 Å². The number of ether oxygens (including phenoxy) is 1. The van der Waals surface area contributed by atoms with Gasteiger partial charge in [-0.25, -0.2) is 0 Å². The highest BCUT2D eigenvalue weighted by atomic mass is 35.5. The van der Waals surface area contributed by atoms with E-state index in [-0.39, 0.29) is 23.9 Å². The predicted molar refractivity (Wildman–Crippen MR) is 120 cm³/mol. The first-order valence-corrected chi connectivity index (χ1v) is 10.9. The Kier molecular flexibility index (Phi) is 5.74. The number of carbonyl (C=O) groups excluding carboxylic acids is 2. The van der Waals surface area contributed by atoms with Crippen LogP contribution in [0.5, 0.6) is 0 Å². The first kappa shape index (κ1) is 24.5. The Labute approximate surface area is 198 Å². The van der Waals surface area contributed by atoms with Crippen LogP contribution in [0.1, 0.15) is 28.5 Å². The van der Waals surface area contributed by atoms with Gasteiger partial charge < -0.3 is 14.7 Å². The van der Waals surface area contributed by atoms with E-state index in [9.17, 15) is 27.9 Å². The van der Waals surface area contributed by atoms with Crippen molar-refractivity contribution in [3.05, 3.63) is 56.7 Å². The summed E-state index contributed by atoms with van der Waals surface area (Å²) in [6, 6.07) is 6.00. The third kappa shape index (κ3) is 3.49. The molecule has 1 aromatic carbocycles. The average molecular weight is 497 g/mol. The zero-order chi connectivity index (χ0) is 25.2. The van der Waals surface area contributed by atoms with Gasteiger partial charge in [-0.05, 0) is 56.9 Å². The Hall–Kier alpha value is -2.62. The third-order valence-electron chi connectivity index (χ3n) is 6.79. The van der Waals surface area contributed by atoms with Crippen molar-refractivity contribution < 1.29 is 32.6 Å². The number of esters is 1. The molecule has 1 N–H and O–H groups in total. The molecule has 3 atom stereocenters. The van der Waals surface area contributed by atoms with E-state index in [1.807, 2.05) is 0 Å². The maximum absolute atomic E-state index is 14.2. The second-order valence-corrected chi connectivity index (χ2v) is 9.60. The normalized spacial score (nSPS) is 25.2.